The first-order valence-electron chi connectivity index (χ1n) is 6.39. The predicted molar refractivity (Wildman–Crippen MR) is 71.9 cm³/mol. The maximum absolute atomic E-state index is 12.1. The Kier molecular flexibility index (Phi) is 4.06. The monoisotopic (exact) mass is 287 g/mol. The van der Waals surface area contributed by atoms with E-state index in [4.69, 9.17) is 0 Å². The molecule has 0 saturated carbocycles. The summed E-state index contributed by atoms with van der Waals surface area (Å²) >= 11 is 0. The van der Waals surface area contributed by atoms with Gasteiger partial charge >= 0.3 is 11.9 Å². The minimum absolute atomic E-state index is 0.0690. The van der Waals surface area contributed by atoms with Crippen molar-refractivity contribution in [2.45, 2.75) is 38.4 Å². The van der Waals surface area contributed by atoms with E-state index in [1.165, 1.54) is 0 Å². The normalized spacial score (nSPS) is 13.6. The molecule has 1 aromatic carbocycles. The van der Waals surface area contributed by atoms with Crippen molar-refractivity contribution in [3.05, 3.63) is 28.7 Å². The van der Waals surface area contributed by atoms with Crippen LogP contribution in [0.1, 0.15) is 26.2 Å². The molecule has 1 atom stereocenters. The van der Waals surface area contributed by atoms with E-state index in [-0.39, 0.29) is 18.2 Å². The smallest absolute Gasteiger partial charge is 0.383 e. The Morgan fingerprint density at radius 2 is 1.95 bits per heavy atom. The fraction of sp³-hybridized carbons (Fsp3) is 0.462. The number of hydrogen-bond donors (Lipinski definition) is 3. The van der Waals surface area contributed by atoms with Gasteiger partial charge in [0.05, 0.1) is 11.0 Å². The number of H-pyrrole nitrogens is 2. The Labute approximate surface area is 113 Å². The lowest BCUT2D eigenvalue weighted by molar-refractivity contribution is -0.135. The highest BCUT2D eigenvalue weighted by atomic mass is 19.4. The SMILES string of the molecule is CC(CCCC(F)(F)F)Nc1ccc2[nH]c(=O)[nH]c2c1. The summed E-state index contributed by atoms with van der Waals surface area (Å²) in [7, 11) is 0. The average molecular weight is 287 g/mol. The Bertz CT molecular complexity index is 630. The lowest BCUT2D eigenvalue weighted by Crippen LogP contribution is -2.16. The first-order chi connectivity index (χ1) is 9.33. The number of aromatic nitrogens is 2. The minimum atomic E-state index is -4.09. The highest BCUT2D eigenvalue weighted by Gasteiger charge is 2.26. The second-order valence-corrected chi connectivity index (χ2v) is 4.89. The summed E-state index contributed by atoms with van der Waals surface area (Å²) in [5.74, 6) is 0. The minimum Gasteiger partial charge on any atom is -0.383 e. The highest BCUT2D eigenvalue weighted by Crippen LogP contribution is 2.23. The van der Waals surface area contributed by atoms with Crippen LogP contribution in [-0.2, 0) is 0 Å². The summed E-state index contributed by atoms with van der Waals surface area (Å²) in [6.07, 6.45) is -4.32. The van der Waals surface area contributed by atoms with E-state index >= 15 is 0 Å². The Hall–Kier alpha value is -1.92. The molecule has 0 aliphatic carbocycles. The molecule has 20 heavy (non-hydrogen) atoms. The van der Waals surface area contributed by atoms with Gasteiger partial charge in [0.2, 0.25) is 0 Å². The first-order valence-corrected chi connectivity index (χ1v) is 6.39. The average Bonchev–Trinajstić information content (AvgIpc) is 2.66. The van der Waals surface area contributed by atoms with Crippen molar-refractivity contribution >= 4 is 16.7 Å². The molecule has 2 rings (SSSR count). The van der Waals surface area contributed by atoms with Crippen LogP contribution in [0.4, 0.5) is 18.9 Å². The van der Waals surface area contributed by atoms with Gasteiger partial charge in [0, 0.05) is 18.2 Å². The molecule has 1 heterocycles. The Morgan fingerprint density at radius 3 is 2.65 bits per heavy atom. The molecule has 3 N–H and O–H groups in total. The van der Waals surface area contributed by atoms with E-state index in [0.717, 1.165) is 5.69 Å². The molecule has 7 heteroatoms. The van der Waals surface area contributed by atoms with Crippen molar-refractivity contribution in [1.29, 1.82) is 0 Å². The van der Waals surface area contributed by atoms with Gasteiger partial charge in [-0.3, -0.25) is 0 Å². The van der Waals surface area contributed by atoms with Crippen LogP contribution in [0.15, 0.2) is 23.0 Å². The highest BCUT2D eigenvalue weighted by molar-refractivity contribution is 5.78. The van der Waals surface area contributed by atoms with Crippen molar-refractivity contribution in [3.8, 4) is 0 Å². The van der Waals surface area contributed by atoms with Gasteiger partial charge in [-0.25, -0.2) is 4.79 Å². The van der Waals surface area contributed by atoms with Crippen molar-refractivity contribution in [2.24, 2.45) is 0 Å². The van der Waals surface area contributed by atoms with Crippen molar-refractivity contribution in [2.75, 3.05) is 5.32 Å². The number of fused-ring (bicyclic) bond motifs is 1. The van der Waals surface area contributed by atoms with Gasteiger partial charge in [-0.2, -0.15) is 13.2 Å². The van der Waals surface area contributed by atoms with Gasteiger partial charge in [-0.15, -0.1) is 0 Å². The maximum Gasteiger partial charge on any atom is 0.389 e. The summed E-state index contributed by atoms with van der Waals surface area (Å²) in [6, 6.07) is 5.22. The van der Waals surface area contributed by atoms with Crippen LogP contribution in [0.2, 0.25) is 0 Å². The number of aromatic amines is 2. The zero-order chi connectivity index (χ0) is 14.8. The summed E-state index contributed by atoms with van der Waals surface area (Å²) < 4.78 is 36.2. The lowest BCUT2D eigenvalue weighted by atomic mass is 10.1. The van der Waals surface area contributed by atoms with Crippen LogP contribution >= 0.6 is 0 Å². The topological polar surface area (TPSA) is 60.7 Å². The van der Waals surface area contributed by atoms with Crippen molar-refractivity contribution in [1.82, 2.24) is 9.97 Å². The first kappa shape index (κ1) is 14.5. The fourth-order valence-electron chi connectivity index (χ4n) is 2.09. The second kappa shape index (κ2) is 5.60. The number of halogens is 3. The number of hydrogen-bond acceptors (Lipinski definition) is 2. The Morgan fingerprint density at radius 1 is 1.25 bits per heavy atom. The number of alkyl halides is 3. The predicted octanol–water partition coefficient (Wildman–Crippen LogP) is 3.39. The van der Waals surface area contributed by atoms with E-state index in [9.17, 15) is 18.0 Å². The third-order valence-corrected chi connectivity index (χ3v) is 3.03. The van der Waals surface area contributed by atoms with E-state index in [2.05, 4.69) is 15.3 Å². The zero-order valence-electron chi connectivity index (χ0n) is 11.0. The molecule has 4 nitrogen and oxygen atoms in total. The summed E-state index contributed by atoms with van der Waals surface area (Å²) in [5.41, 5.74) is 1.86. The molecule has 0 radical (unpaired) electrons. The number of anilines is 1. The third-order valence-electron chi connectivity index (χ3n) is 3.03. The summed E-state index contributed by atoms with van der Waals surface area (Å²) in [5, 5.41) is 3.13. The van der Waals surface area contributed by atoms with E-state index in [1.807, 2.05) is 6.92 Å². The number of benzene rings is 1. The number of imidazole rings is 1. The number of rotatable bonds is 5. The quantitative estimate of drug-likeness (QED) is 0.789. The molecule has 110 valence electrons. The van der Waals surface area contributed by atoms with Gasteiger partial charge < -0.3 is 15.3 Å². The standard InChI is InChI=1S/C13H16F3N3O/c1-8(3-2-6-13(14,15)16)17-9-4-5-10-11(7-9)19-12(20)18-10/h4-5,7-8,17H,2-3,6H2,1H3,(H2,18,19,20). The third kappa shape index (κ3) is 4.04. The summed E-state index contributed by atoms with van der Waals surface area (Å²) in [6.45, 7) is 1.83. The van der Waals surface area contributed by atoms with Crippen LogP contribution in [0.5, 0.6) is 0 Å². The molecule has 1 unspecified atom stereocenters. The molecule has 0 aliphatic heterocycles. The van der Waals surface area contributed by atoms with Gasteiger partial charge in [-0.05, 0) is 38.0 Å². The largest absolute Gasteiger partial charge is 0.389 e. The van der Waals surface area contributed by atoms with Gasteiger partial charge in [0.1, 0.15) is 0 Å². The lowest BCUT2D eigenvalue weighted by Gasteiger charge is -2.15. The van der Waals surface area contributed by atoms with Crippen LogP contribution in [-0.4, -0.2) is 22.2 Å². The molecule has 1 aromatic heterocycles. The van der Waals surface area contributed by atoms with E-state index < -0.39 is 12.6 Å². The number of nitrogens with one attached hydrogen (secondary N) is 3. The molecule has 0 saturated heterocycles. The van der Waals surface area contributed by atoms with Crippen molar-refractivity contribution < 1.29 is 13.2 Å². The van der Waals surface area contributed by atoms with Crippen LogP contribution in [0.25, 0.3) is 11.0 Å². The fourth-order valence-corrected chi connectivity index (χ4v) is 2.09. The Balaban J connectivity index is 1.92. The molecule has 0 amide bonds. The molecule has 0 spiro atoms. The maximum atomic E-state index is 12.1. The van der Waals surface area contributed by atoms with Crippen LogP contribution in [0.3, 0.4) is 0 Å². The molecule has 0 bridgehead atoms. The van der Waals surface area contributed by atoms with E-state index in [0.29, 0.717) is 17.5 Å². The zero-order valence-corrected chi connectivity index (χ0v) is 11.0. The van der Waals surface area contributed by atoms with Crippen LogP contribution in [0, 0.1) is 0 Å². The molecule has 0 aliphatic rings. The van der Waals surface area contributed by atoms with Crippen molar-refractivity contribution in [3.63, 3.8) is 0 Å². The second-order valence-electron chi connectivity index (χ2n) is 4.89. The molecule has 2 aromatic rings. The summed E-state index contributed by atoms with van der Waals surface area (Å²) in [4.78, 5) is 16.4. The van der Waals surface area contributed by atoms with Gasteiger partial charge in [0.25, 0.3) is 0 Å². The van der Waals surface area contributed by atoms with Gasteiger partial charge in [0.15, 0.2) is 0 Å². The molecular weight excluding hydrogens is 271 g/mol. The van der Waals surface area contributed by atoms with Gasteiger partial charge in [-0.1, -0.05) is 0 Å². The van der Waals surface area contributed by atoms with Crippen LogP contribution < -0.4 is 11.0 Å². The molecule has 0 fully saturated rings. The van der Waals surface area contributed by atoms with E-state index in [1.54, 1.807) is 18.2 Å². The molecular formula is C13H16F3N3O.